The lowest BCUT2D eigenvalue weighted by atomic mass is 10.2. The summed E-state index contributed by atoms with van der Waals surface area (Å²) < 4.78 is 33.4. The molecule has 0 aliphatic heterocycles. The summed E-state index contributed by atoms with van der Waals surface area (Å²) in [5, 5.41) is 8.04. The van der Waals surface area contributed by atoms with Crippen molar-refractivity contribution >= 4 is 44.0 Å². The molecule has 1 aliphatic rings. The van der Waals surface area contributed by atoms with Crippen LogP contribution in [0.15, 0.2) is 59.9 Å². The molecule has 0 amide bonds. The summed E-state index contributed by atoms with van der Waals surface area (Å²) in [6, 6.07) is 11.8. The maximum atomic E-state index is 12.9. The normalized spacial score (nSPS) is 14.0. The van der Waals surface area contributed by atoms with Crippen LogP contribution in [0, 0.1) is 0 Å². The van der Waals surface area contributed by atoms with Crippen LogP contribution in [-0.2, 0) is 16.9 Å². The van der Waals surface area contributed by atoms with Crippen molar-refractivity contribution in [2.24, 2.45) is 7.05 Å². The molecular weight excluding hydrogens is 438 g/mol. The number of rotatable bonds is 6. The van der Waals surface area contributed by atoms with Crippen LogP contribution in [0.5, 0.6) is 11.5 Å². The highest BCUT2D eigenvalue weighted by Gasteiger charge is 2.39. The molecule has 4 aromatic rings. The number of sulfone groups is 1. The fourth-order valence-corrected chi connectivity index (χ4v) is 5.35. The Hall–Kier alpha value is -3.17. The molecule has 1 aliphatic carbocycles. The number of para-hydroxylation sites is 1. The third kappa shape index (κ3) is 3.82. The van der Waals surface area contributed by atoms with E-state index in [0.717, 1.165) is 0 Å². The van der Waals surface area contributed by atoms with Crippen LogP contribution in [0.25, 0.3) is 10.9 Å². The molecule has 0 atom stereocenters. The standard InChI is InChI=1S/C21H18ClN5O3S/c1-27-10-9-19(26-27)25-21-15-11-13(5-8-17(15)23-12-24-21)30-20-16(22)3-2-4-18(20)31(28,29)14-6-7-14/h2-5,8-12,14H,6-7H2,1H3,(H,23,24,25,26). The maximum Gasteiger partial charge on any atom is 0.184 e. The van der Waals surface area contributed by atoms with Crippen molar-refractivity contribution in [2.45, 2.75) is 23.0 Å². The zero-order chi connectivity index (χ0) is 21.6. The largest absolute Gasteiger partial charge is 0.454 e. The van der Waals surface area contributed by atoms with Gasteiger partial charge in [-0.3, -0.25) is 4.68 Å². The van der Waals surface area contributed by atoms with Crippen molar-refractivity contribution < 1.29 is 13.2 Å². The lowest BCUT2D eigenvalue weighted by Gasteiger charge is -2.14. The van der Waals surface area contributed by atoms with Gasteiger partial charge in [0.1, 0.15) is 22.8 Å². The van der Waals surface area contributed by atoms with E-state index in [4.69, 9.17) is 16.3 Å². The zero-order valence-corrected chi connectivity index (χ0v) is 18.1. The van der Waals surface area contributed by atoms with E-state index in [2.05, 4.69) is 20.4 Å². The number of hydrogen-bond acceptors (Lipinski definition) is 7. The number of aromatic nitrogens is 4. The van der Waals surface area contributed by atoms with Gasteiger partial charge >= 0.3 is 0 Å². The average molecular weight is 456 g/mol. The first kappa shape index (κ1) is 19.8. The molecule has 2 heterocycles. The van der Waals surface area contributed by atoms with Crippen molar-refractivity contribution in [1.82, 2.24) is 19.7 Å². The van der Waals surface area contributed by atoms with Gasteiger partial charge in [-0.05, 0) is 43.2 Å². The Morgan fingerprint density at radius 1 is 1.16 bits per heavy atom. The Morgan fingerprint density at radius 3 is 2.74 bits per heavy atom. The van der Waals surface area contributed by atoms with Gasteiger partial charge < -0.3 is 10.1 Å². The number of fused-ring (bicyclic) bond motifs is 1. The zero-order valence-electron chi connectivity index (χ0n) is 16.5. The monoisotopic (exact) mass is 455 g/mol. The SMILES string of the molecule is Cn1ccc(Nc2ncnc3ccc(Oc4c(Cl)cccc4S(=O)(=O)C4CC4)cc23)n1. The molecule has 10 heteroatoms. The Labute approximate surface area is 183 Å². The van der Waals surface area contributed by atoms with Crippen LogP contribution in [0.3, 0.4) is 0 Å². The molecule has 1 fully saturated rings. The third-order valence-electron chi connectivity index (χ3n) is 4.99. The molecule has 2 aromatic carbocycles. The van der Waals surface area contributed by atoms with Gasteiger partial charge in [0.15, 0.2) is 21.4 Å². The van der Waals surface area contributed by atoms with Gasteiger partial charge in [0, 0.05) is 24.7 Å². The summed E-state index contributed by atoms with van der Waals surface area (Å²) in [6.07, 6.45) is 4.59. The fraction of sp³-hybridized carbons (Fsp3) is 0.190. The van der Waals surface area contributed by atoms with Crippen LogP contribution in [0.4, 0.5) is 11.6 Å². The topological polar surface area (TPSA) is 99.0 Å². The molecule has 0 saturated heterocycles. The molecule has 1 saturated carbocycles. The number of benzene rings is 2. The van der Waals surface area contributed by atoms with Crippen molar-refractivity contribution in [3.8, 4) is 11.5 Å². The molecular formula is C21H18ClN5O3S. The van der Waals surface area contributed by atoms with Crippen molar-refractivity contribution in [2.75, 3.05) is 5.32 Å². The summed E-state index contributed by atoms with van der Waals surface area (Å²) in [6.45, 7) is 0. The smallest absolute Gasteiger partial charge is 0.184 e. The summed E-state index contributed by atoms with van der Waals surface area (Å²) >= 11 is 6.33. The maximum absolute atomic E-state index is 12.9. The molecule has 2 aromatic heterocycles. The minimum atomic E-state index is -3.49. The molecule has 0 unspecified atom stereocenters. The van der Waals surface area contributed by atoms with Gasteiger partial charge in [-0.25, -0.2) is 18.4 Å². The third-order valence-corrected chi connectivity index (χ3v) is 7.57. The number of hydrogen-bond donors (Lipinski definition) is 1. The first-order valence-corrected chi connectivity index (χ1v) is 11.6. The second-order valence-corrected chi connectivity index (χ2v) is 9.92. The van der Waals surface area contributed by atoms with E-state index in [-0.39, 0.29) is 20.9 Å². The minimum Gasteiger partial charge on any atom is -0.454 e. The Kier molecular flexibility index (Phi) is 4.79. The second-order valence-electron chi connectivity index (χ2n) is 7.31. The molecule has 0 radical (unpaired) electrons. The number of nitrogens with one attached hydrogen (secondary N) is 1. The van der Waals surface area contributed by atoms with Crippen LogP contribution in [0.1, 0.15) is 12.8 Å². The lowest BCUT2D eigenvalue weighted by Crippen LogP contribution is -2.08. The fourth-order valence-electron chi connectivity index (χ4n) is 3.29. The first-order valence-electron chi connectivity index (χ1n) is 9.63. The van der Waals surface area contributed by atoms with Gasteiger partial charge in [0.05, 0.1) is 15.8 Å². The summed E-state index contributed by atoms with van der Waals surface area (Å²) in [5.74, 6) is 1.75. The Balaban J connectivity index is 1.54. The number of ether oxygens (including phenoxy) is 1. The highest BCUT2D eigenvalue weighted by atomic mass is 35.5. The Bertz CT molecular complexity index is 1400. The van der Waals surface area contributed by atoms with Gasteiger partial charge in [-0.1, -0.05) is 17.7 Å². The number of nitrogens with zero attached hydrogens (tertiary/aromatic N) is 4. The number of halogens is 1. The summed E-state index contributed by atoms with van der Waals surface area (Å²) in [5.41, 5.74) is 0.700. The van der Waals surface area contributed by atoms with Gasteiger partial charge in [0.25, 0.3) is 0 Å². The van der Waals surface area contributed by atoms with E-state index < -0.39 is 9.84 Å². The van der Waals surface area contributed by atoms with Crippen molar-refractivity contribution in [3.63, 3.8) is 0 Å². The van der Waals surface area contributed by atoms with Gasteiger partial charge in [-0.2, -0.15) is 5.10 Å². The van der Waals surface area contributed by atoms with Crippen LogP contribution in [0.2, 0.25) is 5.02 Å². The van der Waals surface area contributed by atoms with E-state index >= 15 is 0 Å². The quantitative estimate of drug-likeness (QED) is 0.457. The van der Waals surface area contributed by atoms with E-state index in [1.165, 1.54) is 12.4 Å². The molecule has 158 valence electrons. The van der Waals surface area contributed by atoms with Gasteiger partial charge in [0.2, 0.25) is 0 Å². The number of anilines is 2. The van der Waals surface area contributed by atoms with E-state index in [9.17, 15) is 8.42 Å². The van der Waals surface area contributed by atoms with Crippen molar-refractivity contribution in [3.05, 3.63) is 60.0 Å². The van der Waals surface area contributed by atoms with Crippen LogP contribution in [-0.4, -0.2) is 33.4 Å². The molecule has 0 bridgehead atoms. The average Bonchev–Trinajstić information content (AvgIpc) is 3.53. The lowest BCUT2D eigenvalue weighted by molar-refractivity contribution is 0.468. The van der Waals surface area contributed by atoms with E-state index in [1.807, 2.05) is 19.3 Å². The predicted molar refractivity (Wildman–Crippen MR) is 118 cm³/mol. The van der Waals surface area contributed by atoms with Crippen molar-refractivity contribution in [1.29, 1.82) is 0 Å². The van der Waals surface area contributed by atoms with Crippen LogP contribution < -0.4 is 10.1 Å². The minimum absolute atomic E-state index is 0.110. The molecule has 0 spiro atoms. The van der Waals surface area contributed by atoms with Gasteiger partial charge in [-0.15, -0.1) is 0 Å². The highest BCUT2D eigenvalue weighted by Crippen LogP contribution is 2.42. The summed E-state index contributed by atoms with van der Waals surface area (Å²) in [7, 11) is -1.66. The molecule has 1 N–H and O–H groups in total. The number of aryl methyl sites for hydroxylation is 1. The first-order chi connectivity index (χ1) is 14.9. The second kappa shape index (κ2) is 7.51. The molecule has 5 rings (SSSR count). The highest BCUT2D eigenvalue weighted by molar-refractivity contribution is 7.92. The Morgan fingerprint density at radius 2 is 2.00 bits per heavy atom. The van der Waals surface area contributed by atoms with E-state index in [1.54, 1.807) is 35.0 Å². The molecule has 31 heavy (non-hydrogen) atoms. The van der Waals surface area contributed by atoms with E-state index in [0.29, 0.717) is 41.1 Å². The van der Waals surface area contributed by atoms with Crippen LogP contribution >= 0.6 is 11.6 Å². The molecule has 8 nitrogen and oxygen atoms in total. The predicted octanol–water partition coefficient (Wildman–Crippen LogP) is 4.49. The summed E-state index contributed by atoms with van der Waals surface area (Å²) in [4.78, 5) is 8.71.